The molecule has 0 spiro atoms. The summed E-state index contributed by atoms with van der Waals surface area (Å²) >= 11 is 0. The monoisotopic (exact) mass is 232 g/mol. The Morgan fingerprint density at radius 1 is 1.24 bits per heavy atom. The maximum Gasteiger partial charge on any atom is 0.374 e. The summed E-state index contributed by atoms with van der Waals surface area (Å²) in [5.41, 5.74) is 0.517. The molecule has 1 aromatic heterocycles. The lowest BCUT2D eigenvalue weighted by molar-refractivity contribution is 0.0651. The summed E-state index contributed by atoms with van der Waals surface area (Å²) in [6.07, 6.45) is 0. The van der Waals surface area contributed by atoms with E-state index in [2.05, 4.69) is 15.0 Å². The van der Waals surface area contributed by atoms with Crippen molar-refractivity contribution in [2.24, 2.45) is 0 Å². The number of carboxylic acids is 1. The number of hydrogen-bond acceptors (Lipinski definition) is 4. The SMILES string of the molecule is O=C(Nc1ccccc1)c1cc(C(=O)O)on1. The predicted octanol–water partition coefficient (Wildman–Crippen LogP) is 1.63. The maximum atomic E-state index is 11.6. The van der Waals surface area contributed by atoms with Crippen LogP contribution in [-0.2, 0) is 0 Å². The van der Waals surface area contributed by atoms with Gasteiger partial charge in [0.25, 0.3) is 5.91 Å². The van der Waals surface area contributed by atoms with Crippen molar-refractivity contribution >= 4 is 17.6 Å². The van der Waals surface area contributed by atoms with Crippen molar-refractivity contribution in [2.75, 3.05) is 5.32 Å². The molecule has 0 aliphatic carbocycles. The highest BCUT2D eigenvalue weighted by Crippen LogP contribution is 2.09. The molecule has 17 heavy (non-hydrogen) atoms. The van der Waals surface area contributed by atoms with Gasteiger partial charge in [-0.05, 0) is 12.1 Å². The number of carboxylic acid groups (broad SMARTS) is 1. The molecule has 6 nitrogen and oxygen atoms in total. The predicted molar refractivity (Wildman–Crippen MR) is 57.9 cm³/mol. The number of nitrogens with one attached hydrogen (secondary N) is 1. The molecule has 1 aromatic carbocycles. The third-order valence-corrected chi connectivity index (χ3v) is 1.99. The smallest absolute Gasteiger partial charge is 0.374 e. The average Bonchev–Trinajstić information content (AvgIpc) is 2.79. The summed E-state index contributed by atoms with van der Waals surface area (Å²) in [4.78, 5) is 22.2. The van der Waals surface area contributed by atoms with Crippen LogP contribution in [0.25, 0.3) is 0 Å². The Labute approximate surface area is 95.9 Å². The van der Waals surface area contributed by atoms with Crippen LogP contribution in [0.3, 0.4) is 0 Å². The molecule has 0 saturated carbocycles. The maximum absolute atomic E-state index is 11.6. The van der Waals surface area contributed by atoms with Gasteiger partial charge in [0.05, 0.1) is 0 Å². The Bertz CT molecular complexity index is 548. The first kappa shape index (κ1) is 10.9. The van der Waals surface area contributed by atoms with Crippen LogP contribution >= 0.6 is 0 Å². The fourth-order valence-electron chi connectivity index (χ4n) is 1.20. The van der Waals surface area contributed by atoms with Gasteiger partial charge >= 0.3 is 5.97 Å². The molecule has 0 bridgehead atoms. The average molecular weight is 232 g/mol. The van der Waals surface area contributed by atoms with Gasteiger partial charge in [-0.25, -0.2) is 4.79 Å². The molecule has 2 rings (SSSR count). The number of carbonyl (C=O) groups excluding carboxylic acids is 1. The third-order valence-electron chi connectivity index (χ3n) is 1.99. The summed E-state index contributed by atoms with van der Waals surface area (Å²) in [6.45, 7) is 0. The molecule has 2 aromatic rings. The van der Waals surface area contributed by atoms with E-state index in [1.807, 2.05) is 6.07 Å². The van der Waals surface area contributed by atoms with E-state index >= 15 is 0 Å². The molecule has 1 heterocycles. The second kappa shape index (κ2) is 4.48. The molecule has 0 aliphatic heterocycles. The lowest BCUT2D eigenvalue weighted by atomic mass is 10.3. The molecule has 0 radical (unpaired) electrons. The topological polar surface area (TPSA) is 92.4 Å². The van der Waals surface area contributed by atoms with E-state index in [1.54, 1.807) is 24.3 Å². The second-order valence-corrected chi connectivity index (χ2v) is 3.20. The van der Waals surface area contributed by atoms with Crippen molar-refractivity contribution in [3.8, 4) is 0 Å². The van der Waals surface area contributed by atoms with E-state index in [0.717, 1.165) is 6.07 Å². The van der Waals surface area contributed by atoms with Crippen LogP contribution in [0, 0.1) is 0 Å². The van der Waals surface area contributed by atoms with Gasteiger partial charge < -0.3 is 14.9 Å². The fraction of sp³-hybridized carbons (Fsp3) is 0. The van der Waals surface area contributed by atoms with Gasteiger partial charge in [0, 0.05) is 11.8 Å². The number of aromatic carboxylic acids is 1. The van der Waals surface area contributed by atoms with Gasteiger partial charge in [0.2, 0.25) is 5.76 Å². The van der Waals surface area contributed by atoms with Crippen molar-refractivity contribution < 1.29 is 19.2 Å². The van der Waals surface area contributed by atoms with E-state index in [4.69, 9.17) is 5.11 Å². The fourth-order valence-corrected chi connectivity index (χ4v) is 1.20. The van der Waals surface area contributed by atoms with Crippen LogP contribution in [-0.4, -0.2) is 22.1 Å². The van der Waals surface area contributed by atoms with Crippen LogP contribution in [0.4, 0.5) is 5.69 Å². The van der Waals surface area contributed by atoms with Crippen LogP contribution in [0.15, 0.2) is 40.9 Å². The number of anilines is 1. The summed E-state index contributed by atoms with van der Waals surface area (Å²) in [6, 6.07) is 9.82. The van der Waals surface area contributed by atoms with Crippen molar-refractivity contribution in [3.63, 3.8) is 0 Å². The van der Waals surface area contributed by atoms with Gasteiger partial charge in [-0.1, -0.05) is 23.4 Å². The van der Waals surface area contributed by atoms with E-state index in [-0.39, 0.29) is 11.5 Å². The first-order valence-electron chi connectivity index (χ1n) is 4.73. The van der Waals surface area contributed by atoms with Gasteiger partial charge in [0.1, 0.15) is 0 Å². The number of benzene rings is 1. The van der Waals surface area contributed by atoms with Crippen molar-refractivity contribution in [1.29, 1.82) is 0 Å². The summed E-state index contributed by atoms with van der Waals surface area (Å²) in [7, 11) is 0. The highest BCUT2D eigenvalue weighted by atomic mass is 16.5. The van der Waals surface area contributed by atoms with Gasteiger partial charge in [-0.3, -0.25) is 4.79 Å². The summed E-state index contributed by atoms with van der Waals surface area (Å²) in [5.74, 6) is -2.16. The van der Waals surface area contributed by atoms with Crippen molar-refractivity contribution in [2.45, 2.75) is 0 Å². The Kier molecular flexibility index (Phi) is 2.87. The minimum Gasteiger partial charge on any atom is -0.475 e. The quantitative estimate of drug-likeness (QED) is 0.838. The zero-order chi connectivity index (χ0) is 12.3. The number of carbonyl (C=O) groups is 2. The Morgan fingerprint density at radius 3 is 2.53 bits per heavy atom. The molecule has 0 aliphatic rings. The highest BCUT2D eigenvalue weighted by molar-refractivity contribution is 6.03. The zero-order valence-electron chi connectivity index (χ0n) is 8.58. The first-order chi connectivity index (χ1) is 8.16. The summed E-state index contributed by atoms with van der Waals surface area (Å²) < 4.78 is 4.47. The molecule has 1 amide bonds. The number of aromatic nitrogens is 1. The second-order valence-electron chi connectivity index (χ2n) is 3.20. The normalized spacial score (nSPS) is 9.88. The van der Waals surface area contributed by atoms with Gasteiger partial charge in [0.15, 0.2) is 5.69 Å². The molecule has 86 valence electrons. The third kappa shape index (κ3) is 2.49. The van der Waals surface area contributed by atoms with E-state index < -0.39 is 11.9 Å². The number of rotatable bonds is 3. The number of hydrogen-bond donors (Lipinski definition) is 2. The molecule has 0 fully saturated rings. The highest BCUT2D eigenvalue weighted by Gasteiger charge is 2.16. The van der Waals surface area contributed by atoms with E-state index in [0.29, 0.717) is 5.69 Å². The molecule has 2 N–H and O–H groups in total. The number of para-hydroxylation sites is 1. The zero-order valence-corrected chi connectivity index (χ0v) is 8.58. The number of nitrogens with zero attached hydrogens (tertiary/aromatic N) is 1. The van der Waals surface area contributed by atoms with E-state index in [9.17, 15) is 9.59 Å². The van der Waals surface area contributed by atoms with Crippen LogP contribution < -0.4 is 5.32 Å². The first-order valence-corrected chi connectivity index (χ1v) is 4.73. The van der Waals surface area contributed by atoms with E-state index in [1.165, 1.54) is 0 Å². The Morgan fingerprint density at radius 2 is 1.94 bits per heavy atom. The van der Waals surface area contributed by atoms with Crippen molar-refractivity contribution in [1.82, 2.24) is 5.16 Å². The minimum atomic E-state index is -1.27. The van der Waals surface area contributed by atoms with Gasteiger partial charge in [-0.15, -0.1) is 0 Å². The number of amides is 1. The molecular weight excluding hydrogens is 224 g/mol. The van der Waals surface area contributed by atoms with Crippen molar-refractivity contribution in [3.05, 3.63) is 47.9 Å². The van der Waals surface area contributed by atoms with Crippen LogP contribution in [0.1, 0.15) is 21.0 Å². The van der Waals surface area contributed by atoms with Crippen LogP contribution in [0.2, 0.25) is 0 Å². The van der Waals surface area contributed by atoms with Gasteiger partial charge in [-0.2, -0.15) is 0 Å². The lowest BCUT2D eigenvalue weighted by Gasteiger charge is -2.00. The molecule has 6 heteroatoms. The molecular formula is C11H8N2O4. The standard InChI is InChI=1S/C11H8N2O4/c14-10(12-7-4-2-1-3-5-7)8-6-9(11(15)16)17-13-8/h1-6H,(H,12,14)(H,15,16). The molecule has 0 saturated heterocycles. The largest absolute Gasteiger partial charge is 0.475 e. The molecule has 0 unspecified atom stereocenters. The lowest BCUT2D eigenvalue weighted by Crippen LogP contribution is -2.12. The molecule has 0 atom stereocenters. The Hall–Kier alpha value is -2.63. The summed E-state index contributed by atoms with van der Waals surface area (Å²) in [5, 5.41) is 14.5. The van der Waals surface area contributed by atoms with Crippen LogP contribution in [0.5, 0.6) is 0 Å². The Balaban J connectivity index is 2.12. The minimum absolute atomic E-state index is 0.0775.